The van der Waals surface area contributed by atoms with Gasteiger partial charge in [-0.2, -0.15) is 0 Å². The summed E-state index contributed by atoms with van der Waals surface area (Å²) in [6.07, 6.45) is 0.107. The zero-order valence-electron chi connectivity index (χ0n) is 16.9. The van der Waals surface area contributed by atoms with E-state index in [0.29, 0.717) is 38.6 Å². The molecule has 0 spiro atoms. The number of thioether (sulfide) groups is 1. The maximum absolute atomic E-state index is 13.0. The van der Waals surface area contributed by atoms with E-state index in [-0.39, 0.29) is 23.7 Å². The van der Waals surface area contributed by atoms with Gasteiger partial charge in [0.1, 0.15) is 17.3 Å². The summed E-state index contributed by atoms with van der Waals surface area (Å²) in [5.74, 6) is 1.31. The van der Waals surface area contributed by atoms with Crippen molar-refractivity contribution in [2.45, 2.75) is 23.2 Å². The van der Waals surface area contributed by atoms with Crippen LogP contribution >= 0.6 is 23.4 Å². The van der Waals surface area contributed by atoms with Gasteiger partial charge < -0.3 is 19.8 Å². The molecular formula is C22H20ClN3O4S. The molecule has 31 heavy (non-hydrogen) atoms. The fourth-order valence-electron chi connectivity index (χ4n) is 3.57. The quantitative estimate of drug-likeness (QED) is 0.425. The SMILES string of the molecule is COc1ccc(OC)c(C2CC(=O)Nc3nc(SCc4cccc(Cl)c4)[nH]c(=O)c32)c1. The van der Waals surface area contributed by atoms with Crippen LogP contribution in [0, 0.1) is 0 Å². The average molecular weight is 458 g/mol. The Labute approximate surface area is 188 Å². The number of halogens is 1. The number of carbonyl (C=O) groups is 1. The van der Waals surface area contributed by atoms with E-state index in [1.807, 2.05) is 18.2 Å². The van der Waals surface area contributed by atoms with Crippen molar-refractivity contribution >= 4 is 35.1 Å². The summed E-state index contributed by atoms with van der Waals surface area (Å²) in [4.78, 5) is 32.8. The molecule has 7 nitrogen and oxygen atoms in total. The number of aromatic amines is 1. The molecular weight excluding hydrogens is 438 g/mol. The lowest BCUT2D eigenvalue weighted by molar-refractivity contribution is -0.116. The minimum absolute atomic E-state index is 0.107. The van der Waals surface area contributed by atoms with Crippen LogP contribution in [0.2, 0.25) is 5.02 Å². The second-order valence-electron chi connectivity index (χ2n) is 6.96. The van der Waals surface area contributed by atoms with Crippen LogP contribution in [0.5, 0.6) is 11.5 Å². The number of carbonyl (C=O) groups excluding carboxylic acids is 1. The molecule has 1 aliphatic rings. The Morgan fingerprint density at radius 2 is 2.00 bits per heavy atom. The molecule has 2 aromatic carbocycles. The molecule has 0 bridgehead atoms. The lowest BCUT2D eigenvalue weighted by atomic mass is 9.86. The highest BCUT2D eigenvalue weighted by Crippen LogP contribution is 2.40. The largest absolute Gasteiger partial charge is 0.497 e. The third-order valence-electron chi connectivity index (χ3n) is 5.01. The van der Waals surface area contributed by atoms with Gasteiger partial charge in [0.15, 0.2) is 5.16 Å². The Morgan fingerprint density at radius 3 is 2.74 bits per heavy atom. The van der Waals surface area contributed by atoms with Gasteiger partial charge in [-0.05, 0) is 35.9 Å². The number of methoxy groups -OCH3 is 2. The number of nitrogens with zero attached hydrogens (tertiary/aromatic N) is 1. The summed E-state index contributed by atoms with van der Waals surface area (Å²) in [5.41, 5.74) is 1.80. The second kappa shape index (κ2) is 9.03. The first-order valence-corrected chi connectivity index (χ1v) is 10.9. The van der Waals surface area contributed by atoms with Crippen LogP contribution < -0.4 is 20.3 Å². The topological polar surface area (TPSA) is 93.3 Å². The number of ether oxygens (including phenoxy) is 2. The van der Waals surface area contributed by atoms with E-state index in [2.05, 4.69) is 15.3 Å². The van der Waals surface area contributed by atoms with E-state index in [4.69, 9.17) is 21.1 Å². The Morgan fingerprint density at radius 1 is 1.16 bits per heavy atom. The Kier molecular flexibility index (Phi) is 6.20. The lowest BCUT2D eigenvalue weighted by Crippen LogP contribution is -2.31. The van der Waals surface area contributed by atoms with Crippen LogP contribution in [-0.2, 0) is 10.5 Å². The van der Waals surface area contributed by atoms with Crippen LogP contribution in [0.4, 0.5) is 5.82 Å². The van der Waals surface area contributed by atoms with Gasteiger partial charge in [-0.15, -0.1) is 0 Å². The molecule has 0 fully saturated rings. The fraction of sp³-hybridized carbons (Fsp3) is 0.227. The predicted octanol–water partition coefficient (Wildman–Crippen LogP) is 4.21. The van der Waals surface area contributed by atoms with E-state index in [1.165, 1.54) is 11.8 Å². The second-order valence-corrected chi connectivity index (χ2v) is 8.37. The molecule has 1 unspecified atom stereocenters. The predicted molar refractivity (Wildman–Crippen MR) is 121 cm³/mol. The van der Waals surface area contributed by atoms with Crippen LogP contribution in [0.1, 0.15) is 29.0 Å². The zero-order valence-corrected chi connectivity index (χ0v) is 18.5. The molecule has 1 aromatic heterocycles. The molecule has 160 valence electrons. The summed E-state index contributed by atoms with van der Waals surface area (Å²) in [7, 11) is 3.11. The minimum atomic E-state index is -0.503. The van der Waals surface area contributed by atoms with Crippen molar-refractivity contribution in [3.63, 3.8) is 0 Å². The third kappa shape index (κ3) is 4.55. The fourth-order valence-corrected chi connectivity index (χ4v) is 4.59. The standard InChI is InChI=1S/C22H20ClN3O4S/c1-29-14-6-7-17(30-2)15(9-14)16-10-18(27)24-20-19(16)21(28)26-22(25-20)31-11-12-4-3-5-13(23)8-12/h3-9,16H,10-11H2,1-2H3,(H2,24,25,26,27,28). The van der Waals surface area contributed by atoms with E-state index >= 15 is 0 Å². The Hall–Kier alpha value is -2.97. The number of hydrogen-bond acceptors (Lipinski definition) is 6. The molecule has 9 heteroatoms. The zero-order chi connectivity index (χ0) is 22.0. The number of benzene rings is 2. The highest BCUT2D eigenvalue weighted by Gasteiger charge is 2.33. The number of anilines is 1. The number of H-pyrrole nitrogens is 1. The summed E-state index contributed by atoms with van der Waals surface area (Å²) in [6, 6.07) is 12.8. The van der Waals surface area contributed by atoms with Gasteiger partial charge in [0.2, 0.25) is 5.91 Å². The maximum atomic E-state index is 13.0. The van der Waals surface area contributed by atoms with Crippen LogP contribution in [0.3, 0.4) is 0 Å². The van der Waals surface area contributed by atoms with Crippen molar-refractivity contribution in [3.05, 3.63) is 74.5 Å². The monoisotopic (exact) mass is 457 g/mol. The molecule has 4 rings (SSSR count). The average Bonchev–Trinajstić information content (AvgIpc) is 2.76. The van der Waals surface area contributed by atoms with Gasteiger partial charge in [0, 0.05) is 28.7 Å². The van der Waals surface area contributed by atoms with Crippen LogP contribution in [0.15, 0.2) is 52.4 Å². The van der Waals surface area contributed by atoms with Crippen molar-refractivity contribution in [1.82, 2.24) is 9.97 Å². The van der Waals surface area contributed by atoms with E-state index in [1.54, 1.807) is 38.5 Å². The summed E-state index contributed by atoms with van der Waals surface area (Å²) in [5, 5.41) is 3.80. The van der Waals surface area contributed by atoms with Gasteiger partial charge in [-0.3, -0.25) is 9.59 Å². The summed E-state index contributed by atoms with van der Waals surface area (Å²) in [6.45, 7) is 0. The number of hydrogen-bond donors (Lipinski definition) is 2. The summed E-state index contributed by atoms with van der Waals surface area (Å²) >= 11 is 7.39. The van der Waals surface area contributed by atoms with Crippen LogP contribution in [-0.4, -0.2) is 30.1 Å². The summed E-state index contributed by atoms with van der Waals surface area (Å²) < 4.78 is 10.8. The Bertz CT molecular complexity index is 1200. The number of rotatable bonds is 6. The first-order chi connectivity index (χ1) is 15.0. The third-order valence-corrected chi connectivity index (χ3v) is 6.19. The highest BCUT2D eigenvalue weighted by atomic mass is 35.5. The number of aromatic nitrogens is 2. The Balaban J connectivity index is 1.70. The van der Waals surface area contributed by atoms with Crippen LogP contribution in [0.25, 0.3) is 0 Å². The van der Waals surface area contributed by atoms with Crippen molar-refractivity contribution in [2.75, 3.05) is 19.5 Å². The minimum Gasteiger partial charge on any atom is -0.497 e. The molecule has 0 aliphatic carbocycles. The van der Waals surface area contributed by atoms with Gasteiger partial charge in [0.05, 0.1) is 19.8 Å². The molecule has 1 amide bonds. The lowest BCUT2D eigenvalue weighted by Gasteiger charge is -2.26. The number of fused-ring (bicyclic) bond motifs is 1. The van der Waals surface area contributed by atoms with Crippen molar-refractivity contribution < 1.29 is 14.3 Å². The molecule has 0 saturated heterocycles. The number of amides is 1. The first kappa shape index (κ1) is 21.3. The molecule has 3 aromatic rings. The first-order valence-electron chi connectivity index (χ1n) is 9.51. The molecule has 2 N–H and O–H groups in total. The molecule has 1 atom stereocenters. The molecule has 2 heterocycles. The van der Waals surface area contributed by atoms with Crippen molar-refractivity contribution in [2.24, 2.45) is 0 Å². The van der Waals surface area contributed by atoms with Gasteiger partial charge >= 0.3 is 0 Å². The normalized spacial score (nSPS) is 15.2. The van der Waals surface area contributed by atoms with Gasteiger partial charge in [-0.1, -0.05) is 35.5 Å². The maximum Gasteiger partial charge on any atom is 0.257 e. The van der Waals surface area contributed by atoms with E-state index in [0.717, 1.165) is 5.56 Å². The van der Waals surface area contributed by atoms with Crippen molar-refractivity contribution in [1.29, 1.82) is 0 Å². The molecule has 0 saturated carbocycles. The van der Waals surface area contributed by atoms with Gasteiger partial charge in [-0.25, -0.2) is 4.98 Å². The van der Waals surface area contributed by atoms with E-state index in [9.17, 15) is 9.59 Å². The smallest absolute Gasteiger partial charge is 0.257 e. The molecule has 1 aliphatic heterocycles. The molecule has 0 radical (unpaired) electrons. The van der Waals surface area contributed by atoms with Gasteiger partial charge in [0.25, 0.3) is 5.56 Å². The highest BCUT2D eigenvalue weighted by molar-refractivity contribution is 7.98. The number of nitrogens with one attached hydrogen (secondary N) is 2. The van der Waals surface area contributed by atoms with E-state index < -0.39 is 5.92 Å². The van der Waals surface area contributed by atoms with Crippen molar-refractivity contribution in [3.8, 4) is 11.5 Å².